The van der Waals surface area contributed by atoms with Crippen LogP contribution in [0.5, 0.6) is 5.75 Å². The van der Waals surface area contributed by atoms with Gasteiger partial charge >= 0.3 is 0 Å². The van der Waals surface area contributed by atoms with Crippen molar-refractivity contribution in [3.63, 3.8) is 0 Å². The van der Waals surface area contributed by atoms with E-state index in [1.165, 1.54) is 0 Å². The van der Waals surface area contributed by atoms with Gasteiger partial charge in [-0.25, -0.2) is 4.98 Å². The number of aromatic amines is 1. The second-order valence-electron chi connectivity index (χ2n) is 7.23. The van der Waals surface area contributed by atoms with E-state index in [4.69, 9.17) is 4.74 Å². The summed E-state index contributed by atoms with van der Waals surface area (Å²) in [5, 5.41) is 2.97. The van der Waals surface area contributed by atoms with Gasteiger partial charge in [0.05, 0.1) is 36.4 Å². The summed E-state index contributed by atoms with van der Waals surface area (Å²) in [4.78, 5) is 25.1. The molecule has 152 valence electrons. The molecular formula is C22H27N5O2. The number of hydrogen-bond acceptors (Lipinski definition) is 5. The number of piperazine rings is 1. The quantitative estimate of drug-likeness (QED) is 0.646. The third kappa shape index (κ3) is 4.93. The highest BCUT2D eigenvalue weighted by Crippen LogP contribution is 2.23. The molecule has 2 heterocycles. The molecule has 1 aromatic heterocycles. The number of rotatable bonds is 7. The van der Waals surface area contributed by atoms with Crippen LogP contribution in [-0.2, 0) is 11.3 Å². The molecule has 4 rings (SSSR count). The monoisotopic (exact) mass is 393 g/mol. The van der Waals surface area contributed by atoms with Crippen molar-refractivity contribution in [1.82, 2.24) is 19.8 Å². The Morgan fingerprint density at radius 2 is 1.79 bits per heavy atom. The van der Waals surface area contributed by atoms with Gasteiger partial charge < -0.3 is 15.0 Å². The van der Waals surface area contributed by atoms with Gasteiger partial charge in [-0.05, 0) is 31.2 Å². The molecule has 0 unspecified atom stereocenters. The highest BCUT2D eigenvalue weighted by atomic mass is 16.5. The minimum atomic E-state index is -0.0112. The Morgan fingerprint density at radius 3 is 2.59 bits per heavy atom. The fraction of sp³-hybridized carbons (Fsp3) is 0.364. The van der Waals surface area contributed by atoms with E-state index in [9.17, 15) is 4.79 Å². The smallest absolute Gasteiger partial charge is 0.238 e. The van der Waals surface area contributed by atoms with Crippen molar-refractivity contribution < 1.29 is 9.53 Å². The lowest BCUT2D eigenvalue weighted by Gasteiger charge is -2.33. The van der Waals surface area contributed by atoms with Gasteiger partial charge in [-0.2, -0.15) is 0 Å². The highest BCUT2D eigenvalue weighted by Gasteiger charge is 2.20. The van der Waals surface area contributed by atoms with E-state index < -0.39 is 0 Å². The summed E-state index contributed by atoms with van der Waals surface area (Å²) in [5.74, 6) is 1.69. The molecule has 3 aromatic rings. The molecule has 0 atom stereocenters. The SMILES string of the molecule is CCOc1ccccc1NC(=O)CN1CCN(Cc2nc3ccccc3[nH]2)CC1. The standard InChI is InChI=1S/C22H27N5O2/c1-2-29-20-10-6-5-9-19(20)25-22(28)16-27-13-11-26(12-14-27)15-21-23-17-7-3-4-8-18(17)24-21/h3-10H,2,11-16H2,1H3,(H,23,24)(H,25,28). The number of carbonyl (C=O) groups is 1. The van der Waals surface area contributed by atoms with Gasteiger partial charge in [-0.1, -0.05) is 24.3 Å². The average molecular weight is 393 g/mol. The maximum atomic E-state index is 12.5. The zero-order valence-electron chi connectivity index (χ0n) is 16.7. The fourth-order valence-electron chi connectivity index (χ4n) is 3.64. The summed E-state index contributed by atoms with van der Waals surface area (Å²) in [6.45, 7) is 7.25. The van der Waals surface area contributed by atoms with Crippen LogP contribution in [-0.4, -0.2) is 65.0 Å². The second-order valence-corrected chi connectivity index (χ2v) is 7.23. The molecule has 1 aliphatic rings. The summed E-state index contributed by atoms with van der Waals surface area (Å²) < 4.78 is 5.58. The number of hydrogen-bond donors (Lipinski definition) is 2. The predicted molar refractivity (Wildman–Crippen MR) is 114 cm³/mol. The van der Waals surface area contributed by atoms with Crippen molar-refractivity contribution >= 4 is 22.6 Å². The van der Waals surface area contributed by atoms with Crippen LogP contribution in [0.1, 0.15) is 12.7 Å². The number of aromatic nitrogens is 2. The van der Waals surface area contributed by atoms with Crippen molar-refractivity contribution in [1.29, 1.82) is 0 Å². The topological polar surface area (TPSA) is 73.5 Å². The van der Waals surface area contributed by atoms with Crippen LogP contribution >= 0.6 is 0 Å². The predicted octanol–water partition coefficient (Wildman–Crippen LogP) is 2.72. The van der Waals surface area contributed by atoms with Gasteiger partial charge in [0.2, 0.25) is 5.91 Å². The van der Waals surface area contributed by atoms with Crippen molar-refractivity contribution in [3.8, 4) is 5.75 Å². The van der Waals surface area contributed by atoms with Gasteiger partial charge in [-0.15, -0.1) is 0 Å². The number of imidazole rings is 1. The summed E-state index contributed by atoms with van der Waals surface area (Å²) in [6, 6.07) is 15.6. The Hall–Kier alpha value is -2.90. The van der Waals surface area contributed by atoms with Gasteiger partial charge in [-0.3, -0.25) is 14.6 Å². The molecule has 1 amide bonds. The molecule has 0 saturated carbocycles. The maximum absolute atomic E-state index is 12.5. The zero-order chi connectivity index (χ0) is 20.1. The second kappa shape index (κ2) is 9.07. The van der Waals surface area contributed by atoms with Crippen LogP contribution in [0.25, 0.3) is 11.0 Å². The molecule has 0 aliphatic carbocycles. The fourth-order valence-corrected chi connectivity index (χ4v) is 3.64. The maximum Gasteiger partial charge on any atom is 0.238 e. The molecule has 0 spiro atoms. The first-order valence-corrected chi connectivity index (χ1v) is 10.1. The molecule has 0 bridgehead atoms. The molecule has 1 aliphatic heterocycles. The number of ether oxygens (including phenoxy) is 1. The van der Waals surface area contributed by atoms with E-state index in [-0.39, 0.29) is 5.91 Å². The Bertz CT molecular complexity index is 930. The van der Waals surface area contributed by atoms with E-state index in [2.05, 4.69) is 25.1 Å². The van der Waals surface area contributed by atoms with Crippen LogP contribution in [0.15, 0.2) is 48.5 Å². The number of para-hydroxylation sites is 4. The molecule has 2 N–H and O–H groups in total. The molecule has 7 heteroatoms. The van der Waals surface area contributed by atoms with Gasteiger partial charge in [0.15, 0.2) is 0 Å². The van der Waals surface area contributed by atoms with Crippen molar-refractivity contribution in [2.45, 2.75) is 13.5 Å². The normalized spacial score (nSPS) is 15.5. The lowest BCUT2D eigenvalue weighted by molar-refractivity contribution is -0.117. The average Bonchev–Trinajstić information content (AvgIpc) is 3.13. The first-order chi connectivity index (χ1) is 14.2. The molecule has 7 nitrogen and oxygen atoms in total. The third-order valence-electron chi connectivity index (χ3n) is 5.10. The third-order valence-corrected chi connectivity index (χ3v) is 5.10. The number of carbonyl (C=O) groups excluding carboxylic acids is 1. The molecule has 1 saturated heterocycles. The minimum absolute atomic E-state index is 0.0112. The number of anilines is 1. The number of benzene rings is 2. The van der Waals surface area contributed by atoms with Gasteiger partial charge in [0.25, 0.3) is 0 Å². The number of fused-ring (bicyclic) bond motifs is 1. The zero-order valence-corrected chi connectivity index (χ0v) is 16.7. The van der Waals surface area contributed by atoms with Gasteiger partial charge in [0, 0.05) is 26.2 Å². The van der Waals surface area contributed by atoms with Crippen LogP contribution in [0.2, 0.25) is 0 Å². The molecule has 29 heavy (non-hydrogen) atoms. The van der Waals surface area contributed by atoms with Crippen LogP contribution in [0.3, 0.4) is 0 Å². The lowest BCUT2D eigenvalue weighted by atomic mass is 10.2. The van der Waals surface area contributed by atoms with E-state index >= 15 is 0 Å². The van der Waals surface area contributed by atoms with E-state index in [1.54, 1.807) is 0 Å². The summed E-state index contributed by atoms with van der Waals surface area (Å²) in [7, 11) is 0. The van der Waals surface area contributed by atoms with E-state index in [0.29, 0.717) is 18.9 Å². The Morgan fingerprint density at radius 1 is 1.07 bits per heavy atom. The van der Waals surface area contributed by atoms with Gasteiger partial charge in [0.1, 0.15) is 11.6 Å². The minimum Gasteiger partial charge on any atom is -0.492 e. The van der Waals surface area contributed by atoms with Crippen molar-refractivity contribution in [3.05, 3.63) is 54.4 Å². The first-order valence-electron chi connectivity index (χ1n) is 10.1. The van der Waals surface area contributed by atoms with Crippen LogP contribution in [0.4, 0.5) is 5.69 Å². The molecule has 1 fully saturated rings. The number of nitrogens with zero attached hydrogens (tertiary/aromatic N) is 3. The first kappa shape index (κ1) is 19.4. The van der Waals surface area contributed by atoms with Crippen molar-refractivity contribution in [2.24, 2.45) is 0 Å². The number of amides is 1. The molecular weight excluding hydrogens is 366 g/mol. The summed E-state index contributed by atoms with van der Waals surface area (Å²) >= 11 is 0. The van der Waals surface area contributed by atoms with E-state index in [1.807, 2.05) is 55.5 Å². The van der Waals surface area contributed by atoms with Crippen LogP contribution in [0, 0.1) is 0 Å². The number of H-pyrrole nitrogens is 1. The highest BCUT2D eigenvalue weighted by molar-refractivity contribution is 5.93. The molecule has 0 radical (unpaired) electrons. The summed E-state index contributed by atoms with van der Waals surface area (Å²) in [6.07, 6.45) is 0. The Labute approximate surface area is 170 Å². The summed E-state index contributed by atoms with van der Waals surface area (Å²) in [5.41, 5.74) is 2.80. The Kier molecular flexibility index (Phi) is 6.07. The Balaban J connectivity index is 1.26. The lowest BCUT2D eigenvalue weighted by Crippen LogP contribution is -2.48. The van der Waals surface area contributed by atoms with Crippen molar-refractivity contribution in [2.75, 3.05) is 44.6 Å². The van der Waals surface area contributed by atoms with E-state index in [0.717, 1.165) is 55.3 Å². The molecule has 2 aromatic carbocycles. The van der Waals surface area contributed by atoms with Crippen LogP contribution < -0.4 is 10.1 Å². The largest absolute Gasteiger partial charge is 0.492 e. The number of nitrogens with one attached hydrogen (secondary N) is 2.